The molecule has 0 unspecified atom stereocenters. The minimum atomic E-state index is -4.35. The third kappa shape index (κ3) is 5.22. The Labute approximate surface area is 230 Å². The summed E-state index contributed by atoms with van der Waals surface area (Å²) in [7, 11) is 0. The van der Waals surface area contributed by atoms with Gasteiger partial charge in [-0.25, -0.2) is 4.98 Å². The predicted molar refractivity (Wildman–Crippen MR) is 145 cm³/mol. The molecule has 0 N–H and O–H groups in total. The van der Waals surface area contributed by atoms with Gasteiger partial charge in [0.05, 0.1) is 12.0 Å². The zero-order valence-corrected chi connectivity index (χ0v) is 22.8. The van der Waals surface area contributed by atoms with Gasteiger partial charge in [-0.2, -0.15) is 23.3 Å². The van der Waals surface area contributed by atoms with Crippen molar-refractivity contribution in [3.05, 3.63) is 65.5 Å². The van der Waals surface area contributed by atoms with Crippen LogP contribution in [0, 0.1) is 6.92 Å². The molecular formula is C29H32F3N7O. The summed E-state index contributed by atoms with van der Waals surface area (Å²) < 4.78 is 47.4. The maximum atomic E-state index is 13.4. The third-order valence-electron chi connectivity index (χ3n) is 8.04. The molecule has 2 fully saturated rings. The molecule has 11 heteroatoms. The molecule has 6 rings (SSSR count). The molecule has 210 valence electrons. The first-order chi connectivity index (χ1) is 19.1. The highest BCUT2D eigenvalue weighted by Crippen LogP contribution is 2.40. The standard InChI is InChI=1S/C29H32F3N7O/c1-19-16-24(27-34-26(36-40-27)21-5-7-22(8-6-21)28(2,3)29(30,31)32)35-39(19)18-20-4-11-25(33-17-20)38-14-12-37(13-15-38)23-9-10-23/h4-8,11,16-17,23H,9-10,12-15,18H2,1-3H3. The second kappa shape index (κ2) is 10.0. The van der Waals surface area contributed by atoms with Gasteiger partial charge in [-0.05, 0) is 56.9 Å². The second-order valence-electron chi connectivity index (χ2n) is 11.2. The number of aryl methyl sites for hydroxylation is 1. The lowest BCUT2D eigenvalue weighted by Gasteiger charge is -2.35. The molecule has 1 aliphatic carbocycles. The fourth-order valence-electron chi connectivity index (χ4n) is 5.05. The van der Waals surface area contributed by atoms with Crippen molar-refractivity contribution in [1.82, 2.24) is 29.8 Å². The lowest BCUT2D eigenvalue weighted by atomic mass is 9.83. The number of hydrogen-bond acceptors (Lipinski definition) is 7. The van der Waals surface area contributed by atoms with E-state index in [-0.39, 0.29) is 17.3 Å². The molecule has 3 aromatic heterocycles. The van der Waals surface area contributed by atoms with E-state index in [0.29, 0.717) is 17.8 Å². The maximum Gasteiger partial charge on any atom is 0.397 e. The third-order valence-corrected chi connectivity index (χ3v) is 8.04. The molecule has 4 heterocycles. The minimum absolute atomic E-state index is 0.167. The number of piperazine rings is 1. The van der Waals surface area contributed by atoms with Crippen molar-refractivity contribution in [2.24, 2.45) is 0 Å². The Morgan fingerprint density at radius 2 is 1.70 bits per heavy atom. The molecule has 8 nitrogen and oxygen atoms in total. The summed E-state index contributed by atoms with van der Waals surface area (Å²) in [5, 5.41) is 8.67. The lowest BCUT2D eigenvalue weighted by molar-refractivity contribution is -0.180. The fraction of sp³-hybridized carbons (Fsp3) is 0.448. The van der Waals surface area contributed by atoms with E-state index in [2.05, 4.69) is 37.2 Å². The van der Waals surface area contributed by atoms with Crippen LogP contribution in [-0.4, -0.2) is 68.2 Å². The zero-order chi connectivity index (χ0) is 28.1. The molecule has 0 bridgehead atoms. The number of aromatic nitrogens is 5. The van der Waals surface area contributed by atoms with Crippen LogP contribution in [0.25, 0.3) is 23.0 Å². The van der Waals surface area contributed by atoms with Crippen LogP contribution in [-0.2, 0) is 12.0 Å². The summed E-state index contributed by atoms with van der Waals surface area (Å²) in [5.74, 6) is 1.54. The van der Waals surface area contributed by atoms with Crippen molar-refractivity contribution in [3.63, 3.8) is 0 Å². The first-order valence-electron chi connectivity index (χ1n) is 13.6. The summed E-state index contributed by atoms with van der Waals surface area (Å²) in [5.41, 5.74) is 1.26. The number of anilines is 1. The first kappa shape index (κ1) is 26.5. The van der Waals surface area contributed by atoms with Crippen molar-refractivity contribution in [1.29, 1.82) is 0 Å². The van der Waals surface area contributed by atoms with Crippen molar-refractivity contribution >= 4 is 5.82 Å². The van der Waals surface area contributed by atoms with Gasteiger partial charge < -0.3 is 9.42 Å². The summed E-state index contributed by atoms with van der Waals surface area (Å²) in [4.78, 5) is 14.1. The molecule has 40 heavy (non-hydrogen) atoms. The van der Waals surface area contributed by atoms with Gasteiger partial charge in [0.1, 0.15) is 5.82 Å². The van der Waals surface area contributed by atoms with E-state index in [1.165, 1.54) is 25.0 Å². The Morgan fingerprint density at radius 1 is 0.975 bits per heavy atom. The van der Waals surface area contributed by atoms with Gasteiger partial charge in [0.2, 0.25) is 5.82 Å². The highest BCUT2D eigenvalue weighted by atomic mass is 19.4. The van der Waals surface area contributed by atoms with Crippen LogP contribution in [0.2, 0.25) is 0 Å². The Morgan fingerprint density at radius 3 is 2.33 bits per heavy atom. The highest BCUT2D eigenvalue weighted by Gasteiger charge is 2.48. The molecule has 2 aliphatic rings. The number of pyridine rings is 1. The topological polar surface area (TPSA) is 76.1 Å². The number of nitrogens with zero attached hydrogens (tertiary/aromatic N) is 7. The maximum absolute atomic E-state index is 13.4. The molecule has 0 atom stereocenters. The van der Waals surface area contributed by atoms with Gasteiger partial charge in [0.25, 0.3) is 5.89 Å². The molecule has 1 aromatic carbocycles. The number of alkyl halides is 3. The zero-order valence-electron chi connectivity index (χ0n) is 22.8. The molecule has 1 aliphatic heterocycles. The second-order valence-corrected chi connectivity index (χ2v) is 11.2. The van der Waals surface area contributed by atoms with Crippen molar-refractivity contribution in [2.45, 2.75) is 57.8 Å². The Hall–Kier alpha value is -3.73. The summed E-state index contributed by atoms with van der Waals surface area (Å²) >= 11 is 0. The first-order valence-corrected chi connectivity index (χ1v) is 13.6. The number of benzene rings is 1. The molecular weight excluding hydrogens is 519 g/mol. The SMILES string of the molecule is Cc1cc(-c2nc(-c3ccc(C(C)(C)C(F)(F)F)cc3)no2)nn1Cc1ccc(N2CCN(C3CC3)CC2)nc1. The summed E-state index contributed by atoms with van der Waals surface area (Å²) in [6.45, 7) is 9.04. The number of halogens is 3. The molecule has 0 spiro atoms. The van der Waals surface area contributed by atoms with Crippen LogP contribution in [0.15, 0.2) is 53.2 Å². The van der Waals surface area contributed by atoms with E-state index in [0.717, 1.165) is 63.1 Å². The Bertz CT molecular complexity index is 1460. The van der Waals surface area contributed by atoms with E-state index in [4.69, 9.17) is 9.51 Å². The normalized spacial score (nSPS) is 17.0. The van der Waals surface area contributed by atoms with Gasteiger partial charge in [-0.15, -0.1) is 0 Å². The van der Waals surface area contributed by atoms with Crippen molar-refractivity contribution in [3.8, 4) is 23.0 Å². The van der Waals surface area contributed by atoms with Crippen LogP contribution in [0.1, 0.15) is 43.5 Å². The molecule has 1 saturated heterocycles. The van der Waals surface area contributed by atoms with Gasteiger partial charge in [0, 0.05) is 49.7 Å². The fourth-order valence-corrected chi connectivity index (χ4v) is 5.05. The average molecular weight is 552 g/mol. The van der Waals surface area contributed by atoms with Gasteiger partial charge in [0.15, 0.2) is 5.69 Å². The quantitative estimate of drug-likeness (QED) is 0.301. The smallest absolute Gasteiger partial charge is 0.354 e. The van der Waals surface area contributed by atoms with Crippen molar-refractivity contribution in [2.75, 3.05) is 31.1 Å². The molecule has 4 aromatic rings. The van der Waals surface area contributed by atoms with Crippen LogP contribution >= 0.6 is 0 Å². The molecule has 0 amide bonds. The minimum Gasteiger partial charge on any atom is -0.354 e. The van der Waals surface area contributed by atoms with Gasteiger partial charge in [-0.3, -0.25) is 9.58 Å². The van der Waals surface area contributed by atoms with E-state index < -0.39 is 11.6 Å². The van der Waals surface area contributed by atoms with Crippen LogP contribution in [0.5, 0.6) is 0 Å². The van der Waals surface area contributed by atoms with Crippen LogP contribution < -0.4 is 4.90 Å². The van der Waals surface area contributed by atoms with E-state index in [1.807, 2.05) is 23.9 Å². The largest absolute Gasteiger partial charge is 0.397 e. The lowest BCUT2D eigenvalue weighted by Crippen LogP contribution is -2.47. The van der Waals surface area contributed by atoms with E-state index >= 15 is 0 Å². The van der Waals surface area contributed by atoms with Crippen molar-refractivity contribution < 1.29 is 17.7 Å². The van der Waals surface area contributed by atoms with Gasteiger partial charge >= 0.3 is 6.18 Å². The molecule has 0 radical (unpaired) electrons. The number of rotatable bonds is 7. The van der Waals surface area contributed by atoms with E-state index in [9.17, 15) is 13.2 Å². The van der Waals surface area contributed by atoms with Crippen LogP contribution in [0.3, 0.4) is 0 Å². The van der Waals surface area contributed by atoms with E-state index in [1.54, 1.807) is 12.1 Å². The molecule has 1 saturated carbocycles. The predicted octanol–water partition coefficient (Wildman–Crippen LogP) is 5.48. The number of hydrogen-bond donors (Lipinski definition) is 0. The summed E-state index contributed by atoms with van der Waals surface area (Å²) in [6, 6.07) is 12.9. The highest BCUT2D eigenvalue weighted by molar-refractivity contribution is 5.58. The van der Waals surface area contributed by atoms with Gasteiger partial charge in [-0.1, -0.05) is 35.5 Å². The van der Waals surface area contributed by atoms with Crippen LogP contribution in [0.4, 0.5) is 19.0 Å². The Balaban J connectivity index is 1.11. The monoisotopic (exact) mass is 551 g/mol. The average Bonchev–Trinajstić information content (AvgIpc) is 3.56. The summed E-state index contributed by atoms with van der Waals surface area (Å²) in [6.07, 6.45) is 0.234. The Kier molecular flexibility index (Phi) is 6.64.